The molecule has 9 heteroatoms. The summed E-state index contributed by atoms with van der Waals surface area (Å²) in [4.78, 5) is 12.6. The van der Waals surface area contributed by atoms with E-state index in [1.807, 2.05) is 39.0 Å². The molecule has 0 radical (unpaired) electrons. The molecular weight excluding hydrogens is 471 g/mol. The zero-order valence-corrected chi connectivity index (χ0v) is 20.8. The number of anilines is 1. The van der Waals surface area contributed by atoms with Crippen molar-refractivity contribution >= 4 is 21.6 Å². The van der Waals surface area contributed by atoms with Crippen LogP contribution in [0.3, 0.4) is 0 Å². The van der Waals surface area contributed by atoms with Gasteiger partial charge in [-0.3, -0.25) is 9.10 Å². The Balaban J connectivity index is 1.71. The van der Waals surface area contributed by atoms with Crippen molar-refractivity contribution in [3.8, 4) is 11.5 Å². The first kappa shape index (κ1) is 26.0. The Morgan fingerprint density at radius 2 is 1.54 bits per heavy atom. The highest BCUT2D eigenvalue weighted by molar-refractivity contribution is 7.92. The number of benzene rings is 3. The third-order valence-corrected chi connectivity index (χ3v) is 6.80. The molecule has 0 aliphatic rings. The molecule has 0 fully saturated rings. The number of carbonyl (C=O) groups is 1. The maximum absolute atomic E-state index is 13.5. The fourth-order valence-electron chi connectivity index (χ4n) is 3.49. The van der Waals surface area contributed by atoms with Crippen LogP contribution in [-0.4, -0.2) is 40.6 Å². The summed E-state index contributed by atoms with van der Waals surface area (Å²) in [5.74, 6) is 0.192. The van der Waals surface area contributed by atoms with Crippen LogP contribution >= 0.6 is 0 Å². The van der Waals surface area contributed by atoms with Gasteiger partial charge in [0.25, 0.3) is 10.0 Å². The molecule has 0 aromatic heterocycles. The van der Waals surface area contributed by atoms with Gasteiger partial charge in [-0.05, 0) is 92.6 Å². The maximum atomic E-state index is 13.5. The largest absolute Gasteiger partial charge is 0.494 e. The minimum atomic E-state index is -4.11. The van der Waals surface area contributed by atoms with Crippen LogP contribution in [0.4, 0.5) is 10.1 Å². The molecule has 0 spiro atoms. The molecule has 0 bridgehead atoms. The summed E-state index contributed by atoms with van der Waals surface area (Å²) >= 11 is 0. The van der Waals surface area contributed by atoms with Gasteiger partial charge in [0.15, 0.2) is 0 Å². The summed E-state index contributed by atoms with van der Waals surface area (Å²) in [6.45, 7) is 6.13. The third kappa shape index (κ3) is 7.19. The van der Waals surface area contributed by atoms with Crippen molar-refractivity contribution in [3.05, 3.63) is 83.7 Å². The Labute approximate surface area is 205 Å². The summed E-state index contributed by atoms with van der Waals surface area (Å²) in [5.41, 5.74) is 2.30. The van der Waals surface area contributed by atoms with Gasteiger partial charge in [0.1, 0.15) is 30.5 Å². The second kappa shape index (κ2) is 11.7. The molecule has 186 valence electrons. The number of aryl methyl sites for hydroxylation is 2. The highest BCUT2D eigenvalue weighted by Crippen LogP contribution is 2.25. The van der Waals surface area contributed by atoms with Crippen molar-refractivity contribution in [2.24, 2.45) is 0 Å². The van der Waals surface area contributed by atoms with Gasteiger partial charge in [-0.25, -0.2) is 12.8 Å². The van der Waals surface area contributed by atoms with Crippen molar-refractivity contribution in [1.82, 2.24) is 5.32 Å². The van der Waals surface area contributed by atoms with Gasteiger partial charge in [0, 0.05) is 0 Å². The zero-order chi connectivity index (χ0) is 25.4. The van der Waals surface area contributed by atoms with Crippen LogP contribution in [0.2, 0.25) is 0 Å². The van der Waals surface area contributed by atoms with Gasteiger partial charge in [-0.1, -0.05) is 6.07 Å². The molecule has 1 N–H and O–H groups in total. The van der Waals surface area contributed by atoms with Gasteiger partial charge < -0.3 is 14.8 Å². The predicted molar refractivity (Wildman–Crippen MR) is 133 cm³/mol. The molecule has 3 rings (SSSR count). The van der Waals surface area contributed by atoms with Gasteiger partial charge >= 0.3 is 0 Å². The Morgan fingerprint density at radius 1 is 0.914 bits per heavy atom. The van der Waals surface area contributed by atoms with E-state index in [0.29, 0.717) is 18.1 Å². The Bertz CT molecular complexity index is 1230. The summed E-state index contributed by atoms with van der Waals surface area (Å²) < 4.78 is 52.3. The summed E-state index contributed by atoms with van der Waals surface area (Å²) in [7, 11) is -4.11. The highest BCUT2D eigenvalue weighted by Gasteiger charge is 2.27. The van der Waals surface area contributed by atoms with Crippen LogP contribution < -0.4 is 19.1 Å². The second-order valence-corrected chi connectivity index (χ2v) is 9.78. The number of amides is 1. The standard InChI is InChI=1S/C26H29FN2O5S/c1-4-33-23-9-11-25(12-10-23)35(31,32)29(22-7-5-21(27)6-8-22)18-26(30)28-13-14-34-24-16-19(2)15-20(3)17-24/h5-12,15-17H,4,13-14,18H2,1-3H3,(H,28,30). The molecule has 0 saturated heterocycles. The van der Waals surface area contributed by atoms with Gasteiger partial charge in [-0.15, -0.1) is 0 Å². The molecule has 0 atom stereocenters. The molecule has 0 unspecified atom stereocenters. The topological polar surface area (TPSA) is 84.9 Å². The lowest BCUT2D eigenvalue weighted by atomic mass is 10.1. The number of nitrogens with one attached hydrogen (secondary N) is 1. The van der Waals surface area contributed by atoms with Gasteiger partial charge in [0.05, 0.1) is 23.7 Å². The Morgan fingerprint density at radius 3 is 2.14 bits per heavy atom. The van der Waals surface area contributed by atoms with Crippen LogP contribution in [0.25, 0.3) is 0 Å². The van der Waals surface area contributed by atoms with Crippen LogP contribution in [0.1, 0.15) is 18.1 Å². The number of rotatable bonds is 11. The first-order chi connectivity index (χ1) is 16.7. The number of halogens is 1. The zero-order valence-electron chi connectivity index (χ0n) is 20.0. The van der Waals surface area contributed by atoms with Crippen LogP contribution in [-0.2, 0) is 14.8 Å². The summed E-state index contributed by atoms with van der Waals surface area (Å²) in [5, 5.41) is 2.68. The monoisotopic (exact) mass is 500 g/mol. The van der Waals surface area contributed by atoms with Crippen LogP contribution in [0.5, 0.6) is 11.5 Å². The van der Waals surface area contributed by atoms with E-state index in [4.69, 9.17) is 9.47 Å². The lowest BCUT2D eigenvalue weighted by Crippen LogP contribution is -2.41. The molecule has 35 heavy (non-hydrogen) atoms. The first-order valence-corrected chi connectivity index (χ1v) is 12.6. The maximum Gasteiger partial charge on any atom is 0.264 e. The van der Waals surface area contributed by atoms with Gasteiger partial charge in [0.2, 0.25) is 5.91 Å². The van der Waals surface area contributed by atoms with E-state index in [0.717, 1.165) is 27.6 Å². The summed E-state index contributed by atoms with van der Waals surface area (Å²) in [6, 6.07) is 16.7. The first-order valence-electron chi connectivity index (χ1n) is 11.2. The van der Waals surface area contributed by atoms with Crippen molar-refractivity contribution in [2.45, 2.75) is 25.7 Å². The average Bonchev–Trinajstić information content (AvgIpc) is 2.81. The molecule has 0 saturated carbocycles. The van der Waals surface area contributed by atoms with Crippen LogP contribution in [0.15, 0.2) is 71.6 Å². The fraction of sp³-hybridized carbons (Fsp3) is 0.269. The van der Waals surface area contributed by atoms with Gasteiger partial charge in [-0.2, -0.15) is 0 Å². The normalized spacial score (nSPS) is 11.1. The van der Waals surface area contributed by atoms with E-state index in [1.165, 1.54) is 24.3 Å². The lowest BCUT2D eigenvalue weighted by molar-refractivity contribution is -0.119. The lowest BCUT2D eigenvalue weighted by Gasteiger charge is -2.24. The molecule has 3 aromatic carbocycles. The van der Waals surface area contributed by atoms with Crippen molar-refractivity contribution in [1.29, 1.82) is 0 Å². The quantitative estimate of drug-likeness (QED) is 0.398. The van der Waals surface area contributed by atoms with E-state index in [9.17, 15) is 17.6 Å². The molecule has 1 amide bonds. The molecule has 7 nitrogen and oxygen atoms in total. The number of sulfonamides is 1. The highest BCUT2D eigenvalue weighted by atomic mass is 32.2. The number of ether oxygens (including phenoxy) is 2. The SMILES string of the molecule is CCOc1ccc(S(=O)(=O)N(CC(=O)NCCOc2cc(C)cc(C)c2)c2ccc(F)cc2)cc1. The van der Waals surface area contributed by atoms with Crippen molar-refractivity contribution in [3.63, 3.8) is 0 Å². The molecule has 0 aliphatic heterocycles. The second-order valence-electron chi connectivity index (χ2n) is 7.91. The minimum absolute atomic E-state index is 0.0174. The Hall–Kier alpha value is -3.59. The number of hydrogen-bond acceptors (Lipinski definition) is 5. The van der Waals surface area contributed by atoms with E-state index in [2.05, 4.69) is 5.32 Å². The average molecular weight is 501 g/mol. The van der Waals surface area contributed by atoms with E-state index < -0.39 is 28.3 Å². The molecule has 0 heterocycles. The summed E-state index contributed by atoms with van der Waals surface area (Å²) in [6.07, 6.45) is 0. The Kier molecular flexibility index (Phi) is 8.70. The minimum Gasteiger partial charge on any atom is -0.494 e. The molecular formula is C26H29FN2O5S. The smallest absolute Gasteiger partial charge is 0.264 e. The third-order valence-electron chi connectivity index (χ3n) is 5.01. The fourth-order valence-corrected chi connectivity index (χ4v) is 4.91. The van der Waals surface area contributed by atoms with Crippen molar-refractivity contribution in [2.75, 3.05) is 30.6 Å². The van der Waals surface area contributed by atoms with Crippen LogP contribution in [0, 0.1) is 19.7 Å². The number of carbonyl (C=O) groups excluding carboxylic acids is 1. The van der Waals surface area contributed by atoms with E-state index >= 15 is 0 Å². The van der Waals surface area contributed by atoms with E-state index in [1.54, 1.807) is 12.1 Å². The molecule has 3 aromatic rings. The molecule has 0 aliphatic carbocycles. The number of nitrogens with zero attached hydrogens (tertiary/aromatic N) is 1. The predicted octanol–water partition coefficient (Wildman–Crippen LogP) is 4.23. The van der Waals surface area contributed by atoms with Crippen molar-refractivity contribution < 1.29 is 27.1 Å². The van der Waals surface area contributed by atoms with E-state index in [-0.39, 0.29) is 23.7 Å². The number of hydrogen-bond donors (Lipinski definition) is 1.